The fourth-order valence-electron chi connectivity index (χ4n) is 4.73. The van der Waals surface area contributed by atoms with Gasteiger partial charge in [0.2, 0.25) is 0 Å². The number of carboxylic acids is 1. The molecule has 1 aliphatic heterocycles. The number of aliphatic carboxylic acids is 1. The minimum Gasteiger partial charge on any atom is -0.475 e. The molecule has 0 radical (unpaired) electrons. The van der Waals surface area contributed by atoms with Gasteiger partial charge in [0, 0.05) is 42.4 Å². The molecule has 3 N–H and O–H groups in total. The molecular weight excluding hydrogens is 545 g/mol. The maximum atomic E-state index is 13.7. The van der Waals surface area contributed by atoms with Gasteiger partial charge < -0.3 is 29.4 Å². The van der Waals surface area contributed by atoms with Crippen molar-refractivity contribution in [2.24, 2.45) is 5.73 Å². The first kappa shape index (κ1) is 29.7. The van der Waals surface area contributed by atoms with Crippen molar-refractivity contribution < 1.29 is 37.3 Å². The second-order valence-electron chi connectivity index (χ2n) is 9.40. The summed E-state index contributed by atoms with van der Waals surface area (Å²) in [7, 11) is 1.34. The van der Waals surface area contributed by atoms with Crippen molar-refractivity contribution in [1.29, 1.82) is 0 Å². The predicted molar refractivity (Wildman–Crippen MR) is 145 cm³/mol. The van der Waals surface area contributed by atoms with Crippen molar-refractivity contribution >= 4 is 33.9 Å². The van der Waals surface area contributed by atoms with Gasteiger partial charge in [0.15, 0.2) is 0 Å². The Morgan fingerprint density at radius 2 is 1.93 bits per heavy atom. The van der Waals surface area contributed by atoms with Crippen molar-refractivity contribution in [3.8, 4) is 11.3 Å². The first-order valence-electron chi connectivity index (χ1n) is 12.9. The van der Waals surface area contributed by atoms with Crippen LogP contribution in [0.2, 0.25) is 0 Å². The molecule has 2 aromatic heterocycles. The molecule has 1 atom stereocenters. The molecule has 0 amide bonds. The SMILES string of the molecule is COC(=O)c1ccc2nc(-c3cn(CC4CCCO4)c4ccccc34)c(=O)n(CCCN)c2c1.O=C(O)C(F)(F)F. The molecule has 1 saturated heterocycles. The number of aryl methyl sites for hydroxylation is 1. The number of methoxy groups -OCH3 is 1. The number of para-hydroxylation sites is 1. The second kappa shape index (κ2) is 12.5. The smallest absolute Gasteiger partial charge is 0.475 e. The first-order chi connectivity index (χ1) is 19.5. The summed E-state index contributed by atoms with van der Waals surface area (Å²) in [4.78, 5) is 39.5. The molecule has 2 aromatic carbocycles. The molecule has 4 aromatic rings. The highest BCUT2D eigenvalue weighted by atomic mass is 19.4. The van der Waals surface area contributed by atoms with Gasteiger partial charge in [0.1, 0.15) is 5.69 Å². The molecule has 1 unspecified atom stereocenters. The topological polar surface area (TPSA) is 139 Å². The summed E-state index contributed by atoms with van der Waals surface area (Å²) in [5.74, 6) is -3.21. The number of halogens is 3. The van der Waals surface area contributed by atoms with Crippen molar-refractivity contribution in [3.63, 3.8) is 0 Å². The van der Waals surface area contributed by atoms with Crippen LogP contribution in [0, 0.1) is 0 Å². The van der Waals surface area contributed by atoms with Gasteiger partial charge in [-0.15, -0.1) is 0 Å². The minimum absolute atomic E-state index is 0.172. The lowest BCUT2D eigenvalue weighted by atomic mass is 10.1. The van der Waals surface area contributed by atoms with Gasteiger partial charge in [-0.05, 0) is 50.1 Å². The zero-order valence-corrected chi connectivity index (χ0v) is 22.2. The average Bonchev–Trinajstić information content (AvgIpc) is 3.60. The van der Waals surface area contributed by atoms with Gasteiger partial charge >= 0.3 is 18.1 Å². The highest BCUT2D eigenvalue weighted by Gasteiger charge is 2.38. The van der Waals surface area contributed by atoms with E-state index in [4.69, 9.17) is 30.1 Å². The maximum absolute atomic E-state index is 13.7. The molecule has 0 spiro atoms. The van der Waals surface area contributed by atoms with E-state index in [-0.39, 0.29) is 11.7 Å². The van der Waals surface area contributed by atoms with Gasteiger partial charge in [-0.1, -0.05) is 18.2 Å². The van der Waals surface area contributed by atoms with Crippen molar-refractivity contribution in [3.05, 3.63) is 64.6 Å². The predicted octanol–water partition coefficient (Wildman–Crippen LogP) is 3.97. The summed E-state index contributed by atoms with van der Waals surface area (Å²) >= 11 is 0. The zero-order valence-electron chi connectivity index (χ0n) is 22.2. The van der Waals surface area contributed by atoms with E-state index in [9.17, 15) is 22.8 Å². The lowest BCUT2D eigenvalue weighted by Gasteiger charge is -2.13. The van der Waals surface area contributed by atoms with Crippen LogP contribution < -0.4 is 11.3 Å². The van der Waals surface area contributed by atoms with Crippen LogP contribution >= 0.6 is 0 Å². The molecular formula is C28H29F3N4O6. The van der Waals surface area contributed by atoms with Crippen molar-refractivity contribution in [2.45, 2.75) is 44.6 Å². The van der Waals surface area contributed by atoms with E-state index in [2.05, 4.69) is 10.6 Å². The molecule has 0 bridgehead atoms. The Morgan fingerprint density at radius 3 is 2.56 bits per heavy atom. The van der Waals surface area contributed by atoms with Gasteiger partial charge in [-0.3, -0.25) is 4.79 Å². The number of carbonyl (C=O) groups is 2. The number of hydrogen-bond acceptors (Lipinski definition) is 7. The number of alkyl halides is 3. The third-order valence-corrected chi connectivity index (χ3v) is 6.66. The third-order valence-electron chi connectivity index (χ3n) is 6.66. The summed E-state index contributed by atoms with van der Waals surface area (Å²) in [6, 6.07) is 13.1. The molecule has 10 nitrogen and oxygen atoms in total. The van der Waals surface area contributed by atoms with E-state index in [1.165, 1.54) is 7.11 Å². The highest BCUT2D eigenvalue weighted by molar-refractivity contribution is 5.97. The number of hydrogen-bond donors (Lipinski definition) is 2. The van der Waals surface area contributed by atoms with Crippen LogP contribution in [0.1, 0.15) is 29.6 Å². The fourth-order valence-corrected chi connectivity index (χ4v) is 4.73. The number of aromatic nitrogens is 3. The summed E-state index contributed by atoms with van der Waals surface area (Å²) in [6.07, 6.45) is -0.168. The summed E-state index contributed by atoms with van der Waals surface area (Å²) in [5.41, 5.74) is 9.37. The molecule has 1 fully saturated rings. The zero-order chi connectivity index (χ0) is 29.7. The van der Waals surface area contributed by atoms with E-state index in [0.717, 1.165) is 42.5 Å². The van der Waals surface area contributed by atoms with Crippen LogP contribution in [0.25, 0.3) is 33.2 Å². The van der Waals surface area contributed by atoms with Crippen molar-refractivity contribution in [1.82, 2.24) is 14.1 Å². The van der Waals surface area contributed by atoms with Crippen LogP contribution in [-0.2, 0) is 27.4 Å². The number of benzene rings is 2. The molecule has 41 heavy (non-hydrogen) atoms. The summed E-state index contributed by atoms with van der Waals surface area (Å²) < 4.78 is 46.3. The van der Waals surface area contributed by atoms with E-state index in [0.29, 0.717) is 41.8 Å². The standard InChI is InChI=1S/C26H28N4O4.C2HF3O2/c1-33-26(32)17-9-10-21-23(14-17)30(12-5-11-27)25(31)24(28-21)20-16-29(15-18-6-4-13-34-18)22-8-3-2-7-19(20)22;3-2(4,5)1(6)7/h2-3,7-10,14,16,18H,4-6,11-13,15,27H2,1H3;(H,6,7). The van der Waals surface area contributed by atoms with Gasteiger partial charge in [-0.2, -0.15) is 13.2 Å². The van der Waals surface area contributed by atoms with Crippen LogP contribution in [-0.4, -0.2) is 63.7 Å². The monoisotopic (exact) mass is 574 g/mol. The molecule has 1 aliphatic rings. The number of esters is 1. The Hall–Kier alpha value is -4.23. The maximum Gasteiger partial charge on any atom is 0.490 e. The molecule has 13 heteroatoms. The first-order valence-corrected chi connectivity index (χ1v) is 12.9. The Bertz CT molecular complexity index is 1620. The lowest BCUT2D eigenvalue weighted by Crippen LogP contribution is -2.25. The normalized spacial score (nSPS) is 15.1. The molecule has 5 rings (SSSR count). The van der Waals surface area contributed by atoms with Gasteiger partial charge in [-0.25, -0.2) is 14.6 Å². The van der Waals surface area contributed by atoms with E-state index in [1.54, 1.807) is 22.8 Å². The largest absolute Gasteiger partial charge is 0.490 e. The number of rotatable bonds is 7. The van der Waals surface area contributed by atoms with E-state index in [1.807, 2.05) is 24.4 Å². The van der Waals surface area contributed by atoms with Crippen LogP contribution in [0.3, 0.4) is 0 Å². The number of fused-ring (bicyclic) bond motifs is 2. The Labute approximate surface area is 232 Å². The second-order valence-corrected chi connectivity index (χ2v) is 9.40. The summed E-state index contributed by atoms with van der Waals surface area (Å²) in [6.45, 7) is 2.41. The Kier molecular flexibility index (Phi) is 9.08. The number of ether oxygens (including phenoxy) is 2. The lowest BCUT2D eigenvalue weighted by molar-refractivity contribution is -0.192. The van der Waals surface area contributed by atoms with Gasteiger partial charge in [0.25, 0.3) is 5.56 Å². The number of carboxylic acid groups (broad SMARTS) is 1. The van der Waals surface area contributed by atoms with Gasteiger partial charge in [0.05, 0.1) is 29.8 Å². The minimum atomic E-state index is -5.08. The molecule has 3 heterocycles. The number of nitrogens with two attached hydrogens (primary N) is 1. The van der Waals surface area contributed by atoms with Crippen LogP contribution in [0.5, 0.6) is 0 Å². The van der Waals surface area contributed by atoms with Crippen molar-refractivity contribution in [2.75, 3.05) is 20.3 Å². The highest BCUT2D eigenvalue weighted by Crippen LogP contribution is 2.30. The molecule has 0 saturated carbocycles. The molecule has 0 aliphatic carbocycles. The fraction of sp³-hybridized carbons (Fsp3) is 0.357. The van der Waals surface area contributed by atoms with E-state index < -0.39 is 18.1 Å². The third kappa shape index (κ3) is 6.57. The van der Waals surface area contributed by atoms with E-state index >= 15 is 0 Å². The molecule has 218 valence electrons. The average molecular weight is 575 g/mol. The van der Waals surface area contributed by atoms with Crippen LogP contribution in [0.4, 0.5) is 13.2 Å². The quantitative estimate of drug-likeness (QED) is 0.316. The Morgan fingerprint density at radius 1 is 1.20 bits per heavy atom. The number of nitrogens with zero attached hydrogens (tertiary/aromatic N) is 3. The van der Waals surface area contributed by atoms with Crippen LogP contribution in [0.15, 0.2) is 53.5 Å². The number of carbonyl (C=O) groups excluding carboxylic acids is 1. The Balaban J connectivity index is 0.000000493. The summed E-state index contributed by atoms with van der Waals surface area (Å²) in [5, 5.41) is 8.10.